The molecule has 2 aliphatic rings. The third-order valence-electron chi connectivity index (χ3n) is 6.50. The summed E-state index contributed by atoms with van der Waals surface area (Å²) in [5.41, 5.74) is 4.26. The number of hydrogen-bond donors (Lipinski definition) is 1. The van der Waals surface area contributed by atoms with Crippen LogP contribution < -0.4 is 10.1 Å². The molecule has 4 nitrogen and oxygen atoms in total. The second kappa shape index (κ2) is 9.36. The Kier molecular flexibility index (Phi) is 6.14. The van der Waals surface area contributed by atoms with E-state index >= 15 is 0 Å². The van der Waals surface area contributed by atoms with Crippen LogP contribution in [0.25, 0.3) is 0 Å². The highest BCUT2D eigenvalue weighted by Crippen LogP contribution is 2.38. The molecule has 170 valence electrons. The molecule has 5 heteroatoms. The number of carbonyl (C=O) groups excluding carboxylic acids is 1. The first-order chi connectivity index (χ1) is 16.1. The molecule has 1 aliphatic heterocycles. The molecule has 1 N–H and O–H groups in total. The molecule has 5 rings (SSSR count). The van der Waals surface area contributed by atoms with Gasteiger partial charge < -0.3 is 10.1 Å². The molecule has 0 saturated heterocycles. The number of nitrogens with zero attached hydrogens (tertiary/aromatic N) is 1. The Morgan fingerprint density at radius 2 is 1.85 bits per heavy atom. The molecule has 1 fully saturated rings. The smallest absolute Gasteiger partial charge is 0.260 e. The fourth-order valence-electron chi connectivity index (χ4n) is 4.56. The zero-order chi connectivity index (χ0) is 22.8. The lowest BCUT2D eigenvalue weighted by Crippen LogP contribution is -2.38. The minimum atomic E-state index is -0.558. The van der Waals surface area contributed by atoms with E-state index in [9.17, 15) is 9.18 Å². The predicted molar refractivity (Wildman–Crippen MR) is 126 cm³/mol. The normalized spacial score (nSPS) is 18.9. The highest BCUT2D eigenvalue weighted by Gasteiger charge is 2.30. The summed E-state index contributed by atoms with van der Waals surface area (Å²) in [6.07, 6.45) is 2.42. The van der Waals surface area contributed by atoms with E-state index in [2.05, 4.69) is 34.5 Å². The standard InChI is InChI=1S/C28H29FN2O2/c1-19(28(32)30-23-12-13-23)33-24-14-11-20-15-16-31(18-22-9-5-6-10-26(22)29)27(25(20)17-24)21-7-3-2-4-8-21/h2-11,14,17,19,23,27H,12-13,15-16,18H2,1H3,(H,30,32)/t19-,27-/m1/s1. The van der Waals surface area contributed by atoms with Gasteiger partial charge in [0.2, 0.25) is 0 Å². The maximum absolute atomic E-state index is 14.5. The summed E-state index contributed by atoms with van der Waals surface area (Å²) < 4.78 is 20.5. The topological polar surface area (TPSA) is 41.6 Å². The van der Waals surface area contributed by atoms with E-state index in [1.54, 1.807) is 13.0 Å². The van der Waals surface area contributed by atoms with Crippen molar-refractivity contribution in [3.8, 4) is 5.75 Å². The van der Waals surface area contributed by atoms with Gasteiger partial charge in [-0.25, -0.2) is 4.39 Å². The Balaban J connectivity index is 1.44. The minimum absolute atomic E-state index is 0.0197. The van der Waals surface area contributed by atoms with Gasteiger partial charge in [-0.05, 0) is 61.1 Å². The molecular weight excluding hydrogens is 415 g/mol. The zero-order valence-electron chi connectivity index (χ0n) is 18.8. The summed E-state index contributed by atoms with van der Waals surface area (Å²) in [6, 6.07) is 23.7. The van der Waals surface area contributed by atoms with Crippen LogP contribution >= 0.6 is 0 Å². The molecule has 2 atom stereocenters. The fraction of sp³-hybridized carbons (Fsp3) is 0.321. The van der Waals surface area contributed by atoms with Gasteiger partial charge in [0.25, 0.3) is 5.91 Å². The van der Waals surface area contributed by atoms with Crippen molar-refractivity contribution < 1.29 is 13.9 Å². The van der Waals surface area contributed by atoms with E-state index in [0.29, 0.717) is 23.9 Å². The molecule has 1 heterocycles. The Hall–Kier alpha value is -3.18. The van der Waals surface area contributed by atoms with E-state index in [0.717, 1.165) is 36.9 Å². The summed E-state index contributed by atoms with van der Waals surface area (Å²) in [5, 5.41) is 3.00. The molecule has 0 bridgehead atoms. The largest absolute Gasteiger partial charge is 0.481 e. The van der Waals surface area contributed by atoms with Gasteiger partial charge in [-0.2, -0.15) is 0 Å². The zero-order valence-corrected chi connectivity index (χ0v) is 18.8. The number of fused-ring (bicyclic) bond motifs is 1. The van der Waals surface area contributed by atoms with E-state index in [4.69, 9.17) is 4.74 Å². The maximum atomic E-state index is 14.5. The van der Waals surface area contributed by atoms with Crippen molar-refractivity contribution in [3.05, 3.63) is 101 Å². The van der Waals surface area contributed by atoms with Crippen LogP contribution in [0.1, 0.15) is 48.1 Å². The van der Waals surface area contributed by atoms with Crippen molar-refractivity contribution >= 4 is 5.91 Å². The lowest BCUT2D eigenvalue weighted by Gasteiger charge is -2.38. The van der Waals surface area contributed by atoms with Crippen LogP contribution in [-0.4, -0.2) is 29.5 Å². The molecule has 0 unspecified atom stereocenters. The van der Waals surface area contributed by atoms with Crippen molar-refractivity contribution in [3.63, 3.8) is 0 Å². The lowest BCUT2D eigenvalue weighted by atomic mass is 9.87. The number of ether oxygens (including phenoxy) is 1. The third kappa shape index (κ3) is 4.93. The van der Waals surface area contributed by atoms with Crippen molar-refractivity contribution in [1.29, 1.82) is 0 Å². The van der Waals surface area contributed by atoms with Crippen molar-refractivity contribution in [1.82, 2.24) is 10.2 Å². The molecular formula is C28H29FN2O2. The quantitative estimate of drug-likeness (QED) is 0.556. The molecule has 0 spiro atoms. The summed E-state index contributed by atoms with van der Waals surface area (Å²) in [5.74, 6) is 0.430. The van der Waals surface area contributed by atoms with Crippen LogP contribution in [0.3, 0.4) is 0 Å². The van der Waals surface area contributed by atoms with Gasteiger partial charge in [0.15, 0.2) is 6.10 Å². The summed E-state index contributed by atoms with van der Waals surface area (Å²) in [4.78, 5) is 14.7. The van der Waals surface area contributed by atoms with E-state index in [-0.39, 0.29) is 17.8 Å². The molecule has 1 amide bonds. The number of amides is 1. The average molecular weight is 445 g/mol. The highest BCUT2D eigenvalue weighted by molar-refractivity contribution is 5.81. The Bertz CT molecular complexity index is 1130. The summed E-state index contributed by atoms with van der Waals surface area (Å²) in [6.45, 7) is 3.15. The van der Waals surface area contributed by atoms with Gasteiger partial charge in [-0.3, -0.25) is 9.69 Å². The first kappa shape index (κ1) is 21.7. The van der Waals surface area contributed by atoms with Gasteiger partial charge in [-0.15, -0.1) is 0 Å². The van der Waals surface area contributed by atoms with E-state index in [1.807, 2.05) is 36.4 Å². The maximum Gasteiger partial charge on any atom is 0.260 e. The van der Waals surface area contributed by atoms with Crippen LogP contribution in [0.2, 0.25) is 0 Å². The Morgan fingerprint density at radius 3 is 2.61 bits per heavy atom. The number of carbonyl (C=O) groups is 1. The molecule has 1 saturated carbocycles. The molecule has 3 aromatic carbocycles. The monoisotopic (exact) mass is 444 g/mol. The van der Waals surface area contributed by atoms with Crippen LogP contribution in [0.15, 0.2) is 72.8 Å². The second-order valence-corrected chi connectivity index (χ2v) is 9.03. The van der Waals surface area contributed by atoms with Crippen LogP contribution in [-0.2, 0) is 17.8 Å². The van der Waals surface area contributed by atoms with E-state index in [1.165, 1.54) is 11.6 Å². The second-order valence-electron chi connectivity index (χ2n) is 9.03. The average Bonchev–Trinajstić information content (AvgIpc) is 3.65. The van der Waals surface area contributed by atoms with Gasteiger partial charge in [-0.1, -0.05) is 54.6 Å². The fourth-order valence-corrected chi connectivity index (χ4v) is 4.56. The molecule has 3 aromatic rings. The number of rotatable bonds is 7. The molecule has 33 heavy (non-hydrogen) atoms. The first-order valence-corrected chi connectivity index (χ1v) is 11.7. The highest BCUT2D eigenvalue weighted by atomic mass is 19.1. The van der Waals surface area contributed by atoms with Crippen LogP contribution in [0.4, 0.5) is 4.39 Å². The Labute approximate surface area is 194 Å². The molecule has 1 aliphatic carbocycles. The van der Waals surface area contributed by atoms with Gasteiger partial charge >= 0.3 is 0 Å². The predicted octanol–water partition coefficient (Wildman–Crippen LogP) is 5.02. The van der Waals surface area contributed by atoms with Crippen molar-refractivity contribution in [2.75, 3.05) is 6.54 Å². The van der Waals surface area contributed by atoms with Crippen molar-refractivity contribution in [2.45, 2.75) is 50.9 Å². The summed E-state index contributed by atoms with van der Waals surface area (Å²) in [7, 11) is 0. The summed E-state index contributed by atoms with van der Waals surface area (Å²) >= 11 is 0. The Morgan fingerprint density at radius 1 is 1.09 bits per heavy atom. The first-order valence-electron chi connectivity index (χ1n) is 11.7. The number of nitrogens with one attached hydrogen (secondary N) is 1. The molecule has 0 radical (unpaired) electrons. The van der Waals surface area contributed by atoms with Gasteiger partial charge in [0, 0.05) is 24.7 Å². The van der Waals surface area contributed by atoms with E-state index < -0.39 is 6.10 Å². The SMILES string of the molecule is C[C@@H](Oc1ccc2c(c1)[C@@H](c1ccccc1)N(Cc1ccccc1F)CC2)C(=O)NC1CC1. The number of benzene rings is 3. The van der Waals surface area contributed by atoms with Gasteiger partial charge in [0.1, 0.15) is 11.6 Å². The van der Waals surface area contributed by atoms with Crippen LogP contribution in [0, 0.1) is 5.82 Å². The lowest BCUT2D eigenvalue weighted by molar-refractivity contribution is -0.127. The van der Waals surface area contributed by atoms with Crippen LogP contribution in [0.5, 0.6) is 5.75 Å². The van der Waals surface area contributed by atoms with Gasteiger partial charge in [0.05, 0.1) is 6.04 Å². The number of hydrogen-bond acceptors (Lipinski definition) is 3. The number of halogens is 1. The third-order valence-corrected chi connectivity index (χ3v) is 6.50. The molecule has 0 aromatic heterocycles. The minimum Gasteiger partial charge on any atom is -0.481 e. The van der Waals surface area contributed by atoms with Crippen molar-refractivity contribution in [2.24, 2.45) is 0 Å².